The van der Waals surface area contributed by atoms with Crippen LogP contribution in [-0.4, -0.2) is 42.4 Å². The molecule has 7 nitrogen and oxygen atoms in total. The number of carbonyl (C=O) groups is 3. The third-order valence-corrected chi connectivity index (χ3v) is 6.30. The third-order valence-electron chi connectivity index (χ3n) is 6.30. The number of carbonyl (C=O) groups excluding carboxylic acids is 3. The summed E-state index contributed by atoms with van der Waals surface area (Å²) in [6.07, 6.45) is 2.88. The van der Waals surface area contributed by atoms with Gasteiger partial charge in [-0.3, -0.25) is 14.4 Å². The van der Waals surface area contributed by atoms with Gasteiger partial charge >= 0.3 is 5.97 Å². The van der Waals surface area contributed by atoms with Crippen molar-refractivity contribution in [2.45, 2.75) is 32.7 Å². The molecule has 3 aromatic rings. The summed E-state index contributed by atoms with van der Waals surface area (Å²) in [4.78, 5) is 41.2. The average molecular weight is 493 g/mol. The van der Waals surface area contributed by atoms with Crippen molar-refractivity contribution in [2.75, 3.05) is 24.6 Å². The molecule has 8 heteroatoms. The molecule has 0 unspecified atom stereocenters. The lowest BCUT2D eigenvalue weighted by atomic mass is 9.96. The summed E-state index contributed by atoms with van der Waals surface area (Å²) in [6.45, 7) is 3.44. The van der Waals surface area contributed by atoms with Crippen LogP contribution >= 0.6 is 0 Å². The molecule has 0 aliphatic carbocycles. The summed E-state index contributed by atoms with van der Waals surface area (Å²) >= 11 is 0. The van der Waals surface area contributed by atoms with Crippen LogP contribution in [0.3, 0.4) is 0 Å². The van der Waals surface area contributed by atoms with Gasteiger partial charge in [-0.15, -0.1) is 0 Å². The number of hydrogen-bond acceptors (Lipinski definition) is 5. The minimum atomic E-state index is -0.346. The number of ether oxygens (including phenoxy) is 1. The molecule has 1 aliphatic heterocycles. The lowest BCUT2D eigenvalue weighted by Gasteiger charge is -2.31. The molecule has 0 atom stereocenters. The van der Waals surface area contributed by atoms with Crippen molar-refractivity contribution >= 4 is 23.5 Å². The number of furan rings is 1. The first-order valence-corrected chi connectivity index (χ1v) is 12.1. The van der Waals surface area contributed by atoms with E-state index in [9.17, 15) is 18.8 Å². The molecule has 1 aliphatic rings. The second kappa shape index (κ2) is 11.7. The van der Waals surface area contributed by atoms with E-state index in [1.165, 1.54) is 18.4 Å². The molecule has 1 fully saturated rings. The Morgan fingerprint density at radius 3 is 2.28 bits per heavy atom. The van der Waals surface area contributed by atoms with Crippen molar-refractivity contribution in [1.29, 1.82) is 0 Å². The van der Waals surface area contributed by atoms with Gasteiger partial charge in [0.15, 0.2) is 5.76 Å². The number of anilines is 1. The number of rotatable bonds is 8. The smallest absolute Gasteiger partial charge is 0.309 e. The SMILES string of the molecule is CCOC(=O)C1CCN(C(=O)Cc2ccc(N(Cc3ccc(F)cc3)C(=O)c3ccco3)cc2)CC1. The summed E-state index contributed by atoms with van der Waals surface area (Å²) in [5, 5.41) is 0. The summed E-state index contributed by atoms with van der Waals surface area (Å²) in [6, 6.07) is 16.5. The van der Waals surface area contributed by atoms with Gasteiger partial charge in [0.05, 0.1) is 31.8 Å². The van der Waals surface area contributed by atoms with Gasteiger partial charge in [0.1, 0.15) is 5.82 Å². The number of nitrogens with zero attached hydrogens (tertiary/aromatic N) is 2. The Morgan fingerprint density at radius 2 is 1.67 bits per heavy atom. The van der Waals surface area contributed by atoms with Crippen LogP contribution in [0.5, 0.6) is 0 Å². The molecular weight excluding hydrogens is 463 g/mol. The first-order valence-electron chi connectivity index (χ1n) is 12.1. The minimum Gasteiger partial charge on any atom is -0.466 e. The van der Waals surface area contributed by atoms with Gasteiger partial charge in [0, 0.05) is 18.8 Å². The maximum atomic E-state index is 13.4. The number of amides is 2. The van der Waals surface area contributed by atoms with Crippen molar-refractivity contribution in [3.63, 3.8) is 0 Å². The van der Waals surface area contributed by atoms with Crippen molar-refractivity contribution in [3.05, 3.63) is 89.6 Å². The zero-order valence-corrected chi connectivity index (χ0v) is 20.2. The van der Waals surface area contributed by atoms with Crippen molar-refractivity contribution in [1.82, 2.24) is 4.90 Å². The van der Waals surface area contributed by atoms with Crippen LogP contribution in [-0.2, 0) is 27.3 Å². The summed E-state index contributed by atoms with van der Waals surface area (Å²) < 4.78 is 23.7. The topological polar surface area (TPSA) is 80.1 Å². The molecule has 1 aromatic heterocycles. The highest BCUT2D eigenvalue weighted by molar-refractivity contribution is 6.04. The van der Waals surface area contributed by atoms with Crippen molar-refractivity contribution < 1.29 is 27.9 Å². The van der Waals surface area contributed by atoms with Crippen LogP contribution in [0.4, 0.5) is 10.1 Å². The highest BCUT2D eigenvalue weighted by atomic mass is 19.1. The Hall–Kier alpha value is -3.94. The molecule has 0 saturated carbocycles. The molecule has 2 amide bonds. The standard InChI is InChI=1S/C28H29FN2O5/c1-2-35-28(34)22-13-15-30(16-14-22)26(32)18-20-7-11-24(12-8-20)31(27(33)25-4-3-17-36-25)19-21-5-9-23(29)10-6-21/h3-12,17,22H,2,13-16,18-19H2,1H3. The van der Waals surface area contributed by atoms with E-state index in [1.54, 1.807) is 53.1 Å². The van der Waals surface area contributed by atoms with Crippen LogP contribution in [0.25, 0.3) is 0 Å². The Kier molecular flexibility index (Phi) is 8.15. The van der Waals surface area contributed by atoms with Crippen LogP contribution in [0.15, 0.2) is 71.3 Å². The Balaban J connectivity index is 1.42. The second-order valence-corrected chi connectivity index (χ2v) is 8.75. The number of hydrogen-bond donors (Lipinski definition) is 0. The summed E-state index contributed by atoms with van der Waals surface area (Å²) in [5.74, 6) is -0.802. The summed E-state index contributed by atoms with van der Waals surface area (Å²) in [5.41, 5.74) is 2.22. The van der Waals surface area contributed by atoms with Crippen LogP contribution < -0.4 is 4.90 Å². The number of benzene rings is 2. The monoisotopic (exact) mass is 492 g/mol. The molecule has 0 N–H and O–H groups in total. The predicted molar refractivity (Wildman–Crippen MR) is 132 cm³/mol. The van der Waals surface area contributed by atoms with Gasteiger partial charge in [-0.05, 0) is 67.3 Å². The number of piperidine rings is 1. The lowest BCUT2D eigenvalue weighted by molar-refractivity contribution is -0.151. The van der Waals surface area contributed by atoms with E-state index in [-0.39, 0.29) is 48.2 Å². The second-order valence-electron chi connectivity index (χ2n) is 8.75. The Labute approximate surface area is 209 Å². The van der Waals surface area contributed by atoms with E-state index >= 15 is 0 Å². The number of esters is 1. The van der Waals surface area contributed by atoms with E-state index in [4.69, 9.17) is 9.15 Å². The summed E-state index contributed by atoms with van der Waals surface area (Å²) in [7, 11) is 0. The molecule has 2 aromatic carbocycles. The highest BCUT2D eigenvalue weighted by Gasteiger charge is 2.28. The zero-order chi connectivity index (χ0) is 25.5. The minimum absolute atomic E-state index is 0.000103. The van der Waals surface area contributed by atoms with Crippen LogP contribution in [0, 0.1) is 11.7 Å². The van der Waals surface area contributed by atoms with Crippen LogP contribution in [0.1, 0.15) is 41.4 Å². The quantitative estimate of drug-likeness (QED) is 0.429. The highest BCUT2D eigenvalue weighted by Crippen LogP contribution is 2.23. The van der Waals surface area contributed by atoms with Gasteiger partial charge in [-0.1, -0.05) is 24.3 Å². The third kappa shape index (κ3) is 6.19. The van der Waals surface area contributed by atoms with E-state index in [0.29, 0.717) is 38.2 Å². The van der Waals surface area contributed by atoms with Gasteiger partial charge in [0.2, 0.25) is 5.91 Å². The fourth-order valence-corrected chi connectivity index (χ4v) is 4.29. The number of halogens is 1. The molecule has 2 heterocycles. The first kappa shape index (κ1) is 25.2. The fourth-order valence-electron chi connectivity index (χ4n) is 4.29. The molecule has 4 rings (SSSR count). The fraction of sp³-hybridized carbons (Fsp3) is 0.321. The van der Waals surface area contributed by atoms with Gasteiger partial charge in [-0.2, -0.15) is 0 Å². The molecule has 1 saturated heterocycles. The van der Waals surface area contributed by atoms with E-state index in [1.807, 2.05) is 12.1 Å². The predicted octanol–water partition coefficient (Wildman–Crippen LogP) is 4.61. The van der Waals surface area contributed by atoms with E-state index < -0.39 is 0 Å². The van der Waals surface area contributed by atoms with E-state index in [2.05, 4.69) is 0 Å². The maximum Gasteiger partial charge on any atom is 0.309 e. The lowest BCUT2D eigenvalue weighted by Crippen LogP contribution is -2.41. The largest absolute Gasteiger partial charge is 0.466 e. The Morgan fingerprint density at radius 1 is 1.00 bits per heavy atom. The number of likely N-dealkylation sites (tertiary alicyclic amines) is 1. The molecule has 188 valence electrons. The van der Waals surface area contributed by atoms with E-state index in [0.717, 1.165) is 11.1 Å². The molecular formula is C28H29FN2O5. The molecule has 0 bridgehead atoms. The van der Waals surface area contributed by atoms with Gasteiger partial charge < -0.3 is 19.0 Å². The first-order chi connectivity index (χ1) is 17.4. The normalized spacial score (nSPS) is 13.9. The van der Waals surface area contributed by atoms with Crippen LogP contribution in [0.2, 0.25) is 0 Å². The molecule has 0 spiro atoms. The van der Waals surface area contributed by atoms with Crippen molar-refractivity contribution in [3.8, 4) is 0 Å². The van der Waals surface area contributed by atoms with Crippen molar-refractivity contribution in [2.24, 2.45) is 5.92 Å². The van der Waals surface area contributed by atoms with Gasteiger partial charge in [-0.25, -0.2) is 4.39 Å². The maximum absolute atomic E-state index is 13.4. The molecule has 0 radical (unpaired) electrons. The molecule has 36 heavy (non-hydrogen) atoms. The average Bonchev–Trinajstić information content (AvgIpc) is 3.44. The zero-order valence-electron chi connectivity index (χ0n) is 20.2. The Bertz CT molecular complexity index is 1170. The van der Waals surface area contributed by atoms with Gasteiger partial charge in [0.25, 0.3) is 5.91 Å².